The summed E-state index contributed by atoms with van der Waals surface area (Å²) in [4.78, 5) is 27.2. The van der Waals surface area contributed by atoms with Crippen LogP contribution in [0.1, 0.15) is 39.2 Å². The molecule has 1 fully saturated rings. The first-order valence-electron chi connectivity index (χ1n) is 10.5. The van der Waals surface area contributed by atoms with Crippen LogP contribution in [0.3, 0.4) is 0 Å². The van der Waals surface area contributed by atoms with E-state index in [-0.39, 0.29) is 17.9 Å². The van der Waals surface area contributed by atoms with Gasteiger partial charge in [-0.05, 0) is 40.4 Å². The largest absolute Gasteiger partial charge is 0.461 e. The molecule has 1 heterocycles. The van der Waals surface area contributed by atoms with Crippen LogP contribution in [-0.2, 0) is 25.7 Å². The van der Waals surface area contributed by atoms with Crippen molar-refractivity contribution in [2.45, 2.75) is 45.8 Å². The number of benzene rings is 1. The quantitative estimate of drug-likeness (QED) is 0.492. The molecule has 2 rings (SSSR count). The number of carbonyl (C=O) groups excluding carboxylic acids is 2. The second-order valence-corrected chi connectivity index (χ2v) is 9.43. The molecular formula is C23H37N2O4+. The Balaban J connectivity index is 1.92. The van der Waals surface area contributed by atoms with Gasteiger partial charge in [-0.3, -0.25) is 4.79 Å². The summed E-state index contributed by atoms with van der Waals surface area (Å²) in [5.41, 5.74) is 0.514. The second-order valence-electron chi connectivity index (χ2n) is 9.43. The molecule has 1 aliphatic rings. The number of hydrogen-bond donors (Lipinski definition) is 0. The number of piperidine rings is 1. The molecule has 0 atom stereocenters. The fourth-order valence-corrected chi connectivity index (χ4v) is 3.72. The van der Waals surface area contributed by atoms with Gasteiger partial charge in [0.1, 0.15) is 12.2 Å². The monoisotopic (exact) mass is 405 g/mol. The number of nitrogens with zero attached hydrogens (tertiary/aromatic N) is 2. The van der Waals surface area contributed by atoms with Crippen LogP contribution in [0.4, 0.5) is 0 Å². The Morgan fingerprint density at radius 3 is 2.28 bits per heavy atom. The topological polar surface area (TPSA) is 55.8 Å². The second kappa shape index (κ2) is 10.2. The molecule has 0 aliphatic carbocycles. The minimum atomic E-state index is -0.484. The average molecular weight is 406 g/mol. The molecule has 1 aromatic rings. The summed E-state index contributed by atoms with van der Waals surface area (Å²) in [6.07, 6.45) is 1.48. The van der Waals surface area contributed by atoms with E-state index in [4.69, 9.17) is 9.47 Å². The van der Waals surface area contributed by atoms with Crippen molar-refractivity contribution in [2.24, 2.45) is 5.92 Å². The zero-order valence-electron chi connectivity index (χ0n) is 18.6. The van der Waals surface area contributed by atoms with Gasteiger partial charge < -0.3 is 18.9 Å². The van der Waals surface area contributed by atoms with E-state index in [2.05, 4.69) is 4.90 Å². The van der Waals surface area contributed by atoms with Gasteiger partial charge >= 0.3 is 11.9 Å². The summed E-state index contributed by atoms with van der Waals surface area (Å²) in [6, 6.07) is 9.74. The molecule has 1 saturated heterocycles. The van der Waals surface area contributed by atoms with E-state index in [1.165, 1.54) is 0 Å². The van der Waals surface area contributed by atoms with Crippen LogP contribution < -0.4 is 0 Å². The molecule has 0 spiro atoms. The van der Waals surface area contributed by atoms with Gasteiger partial charge in [0.2, 0.25) is 0 Å². The highest BCUT2D eigenvalue weighted by Gasteiger charge is 2.39. The van der Waals surface area contributed by atoms with Crippen LogP contribution in [0.15, 0.2) is 30.3 Å². The van der Waals surface area contributed by atoms with E-state index in [1.54, 1.807) is 0 Å². The molecule has 0 unspecified atom stereocenters. The minimum absolute atomic E-state index is 0.0945. The van der Waals surface area contributed by atoms with Gasteiger partial charge in [0.25, 0.3) is 0 Å². The average Bonchev–Trinajstić information content (AvgIpc) is 2.64. The normalized spacial score (nSPS) is 22.3. The molecule has 29 heavy (non-hydrogen) atoms. The van der Waals surface area contributed by atoms with E-state index in [9.17, 15) is 9.59 Å². The Morgan fingerprint density at radius 2 is 1.72 bits per heavy atom. The molecule has 0 amide bonds. The number of ether oxygens (including phenoxy) is 2. The third-order valence-corrected chi connectivity index (χ3v) is 5.37. The first-order valence-corrected chi connectivity index (χ1v) is 10.5. The Hall–Kier alpha value is -1.92. The van der Waals surface area contributed by atoms with Crippen molar-refractivity contribution in [1.82, 2.24) is 4.90 Å². The lowest BCUT2D eigenvalue weighted by molar-refractivity contribution is -0.926. The van der Waals surface area contributed by atoms with Crippen LogP contribution in [0.2, 0.25) is 0 Å². The maximum Gasteiger partial charge on any atom is 0.362 e. The summed E-state index contributed by atoms with van der Waals surface area (Å²) >= 11 is 0. The smallest absolute Gasteiger partial charge is 0.362 e. The van der Waals surface area contributed by atoms with Crippen LogP contribution in [-0.4, -0.2) is 73.7 Å². The molecule has 1 aliphatic heterocycles. The Bertz CT molecular complexity index is 659. The number of likely N-dealkylation sites (tertiary alicyclic amines) is 1. The van der Waals surface area contributed by atoms with Crippen molar-refractivity contribution < 1.29 is 23.5 Å². The Kier molecular flexibility index (Phi) is 8.23. The Labute approximate surface area is 175 Å². The van der Waals surface area contributed by atoms with Gasteiger partial charge in [-0.15, -0.1) is 0 Å². The lowest BCUT2D eigenvalue weighted by Gasteiger charge is -2.43. The van der Waals surface area contributed by atoms with E-state index in [1.807, 2.05) is 65.2 Å². The third kappa shape index (κ3) is 8.15. The molecule has 0 N–H and O–H groups in total. The molecule has 0 aromatic heterocycles. The van der Waals surface area contributed by atoms with Crippen molar-refractivity contribution in [3.63, 3.8) is 0 Å². The first-order chi connectivity index (χ1) is 13.6. The Morgan fingerprint density at radius 1 is 1.10 bits per heavy atom. The summed E-state index contributed by atoms with van der Waals surface area (Å²) in [7, 11) is 4.08. The highest BCUT2D eigenvalue weighted by atomic mass is 16.6. The fraction of sp³-hybridized carbons (Fsp3) is 0.652. The van der Waals surface area contributed by atoms with Crippen molar-refractivity contribution >= 4 is 11.9 Å². The van der Waals surface area contributed by atoms with Crippen LogP contribution in [0.25, 0.3) is 0 Å². The zero-order valence-corrected chi connectivity index (χ0v) is 18.6. The van der Waals surface area contributed by atoms with Crippen LogP contribution in [0, 0.1) is 5.92 Å². The maximum atomic E-state index is 12.5. The standard InChI is InChI=1S/C23H37N2O4/c1-23(2,3)29-21(26)17-25(16-13-24(4)5)14-11-20(12-15-25)22(27)28-18-19-9-7-6-8-10-19/h6-10,20H,11-18H2,1-5H3/q+1. The molecule has 6 nitrogen and oxygen atoms in total. The minimum Gasteiger partial charge on any atom is -0.461 e. The molecule has 0 radical (unpaired) electrons. The van der Waals surface area contributed by atoms with Gasteiger partial charge in [0.05, 0.1) is 25.6 Å². The molecule has 0 bridgehead atoms. The zero-order chi connectivity index (χ0) is 21.5. The van der Waals surface area contributed by atoms with Crippen molar-refractivity contribution in [1.29, 1.82) is 0 Å². The van der Waals surface area contributed by atoms with Crippen molar-refractivity contribution in [3.05, 3.63) is 35.9 Å². The highest BCUT2D eigenvalue weighted by molar-refractivity contribution is 5.73. The number of esters is 2. The number of carbonyl (C=O) groups is 2. The van der Waals surface area contributed by atoms with Crippen molar-refractivity contribution in [2.75, 3.05) is 46.8 Å². The fourth-order valence-electron chi connectivity index (χ4n) is 3.72. The lowest BCUT2D eigenvalue weighted by Crippen LogP contribution is -2.59. The summed E-state index contributed by atoms with van der Waals surface area (Å²) in [5.74, 6) is -0.388. The summed E-state index contributed by atoms with van der Waals surface area (Å²) < 4.78 is 11.8. The molecule has 0 saturated carbocycles. The van der Waals surface area contributed by atoms with Gasteiger partial charge in [0, 0.05) is 19.4 Å². The van der Waals surface area contributed by atoms with Gasteiger partial charge in [-0.1, -0.05) is 30.3 Å². The predicted octanol–water partition coefficient (Wildman–Crippen LogP) is 2.86. The summed E-state index contributed by atoms with van der Waals surface area (Å²) in [5, 5.41) is 0. The van der Waals surface area contributed by atoms with E-state index in [0.717, 1.165) is 44.6 Å². The molecule has 6 heteroatoms. The van der Waals surface area contributed by atoms with Gasteiger partial charge in [-0.25, -0.2) is 4.79 Å². The van der Waals surface area contributed by atoms with Crippen LogP contribution in [0.5, 0.6) is 0 Å². The number of quaternary nitrogens is 1. The highest BCUT2D eigenvalue weighted by Crippen LogP contribution is 2.26. The third-order valence-electron chi connectivity index (χ3n) is 5.37. The predicted molar refractivity (Wildman–Crippen MR) is 113 cm³/mol. The van der Waals surface area contributed by atoms with Crippen molar-refractivity contribution in [3.8, 4) is 0 Å². The van der Waals surface area contributed by atoms with Gasteiger partial charge in [0.15, 0.2) is 6.54 Å². The van der Waals surface area contributed by atoms with E-state index >= 15 is 0 Å². The first kappa shape index (κ1) is 23.4. The SMILES string of the molecule is CN(C)CC[N+]1(CC(=O)OC(C)(C)C)CCC(C(=O)OCc2ccccc2)CC1. The van der Waals surface area contributed by atoms with E-state index in [0.29, 0.717) is 17.6 Å². The molecular weight excluding hydrogens is 368 g/mol. The summed E-state index contributed by atoms with van der Waals surface area (Å²) in [6.45, 7) is 9.70. The molecule has 162 valence electrons. The molecule has 1 aromatic carbocycles. The lowest BCUT2D eigenvalue weighted by atomic mass is 9.94. The number of likely N-dealkylation sites (N-methyl/N-ethyl adjacent to an activating group) is 1. The van der Waals surface area contributed by atoms with Crippen LogP contribution >= 0.6 is 0 Å². The van der Waals surface area contributed by atoms with Gasteiger partial charge in [-0.2, -0.15) is 0 Å². The number of hydrogen-bond acceptors (Lipinski definition) is 5. The van der Waals surface area contributed by atoms with E-state index < -0.39 is 5.60 Å². The number of rotatable bonds is 8. The maximum absolute atomic E-state index is 12.5.